The van der Waals surface area contributed by atoms with Crippen molar-refractivity contribution in [3.8, 4) is 0 Å². The number of aromatic nitrogens is 1. The summed E-state index contributed by atoms with van der Waals surface area (Å²) in [7, 11) is 0. The fraction of sp³-hybridized carbons (Fsp3) is 0.308. The first-order valence-corrected chi connectivity index (χ1v) is 5.79. The van der Waals surface area contributed by atoms with Crippen LogP contribution in [0.4, 0.5) is 0 Å². The molecule has 1 heterocycles. The van der Waals surface area contributed by atoms with E-state index in [-0.39, 0.29) is 12.5 Å². The van der Waals surface area contributed by atoms with Crippen LogP contribution in [-0.2, 0) is 17.8 Å². The molecule has 0 saturated carbocycles. The predicted molar refractivity (Wildman–Crippen MR) is 67.4 cm³/mol. The number of benzene rings is 1. The molecular weight excluding hydrogens is 232 g/mol. The van der Waals surface area contributed by atoms with Gasteiger partial charge in [-0.3, -0.25) is 4.79 Å². The van der Waals surface area contributed by atoms with Crippen LogP contribution in [0.25, 0.3) is 10.9 Å². The Morgan fingerprint density at radius 1 is 1.44 bits per heavy atom. The summed E-state index contributed by atoms with van der Waals surface area (Å²) in [6, 6.07) is 5.39. The zero-order valence-corrected chi connectivity index (χ0v) is 10.2. The number of hydrogen-bond donors (Lipinski definition) is 3. The van der Waals surface area contributed by atoms with Crippen molar-refractivity contribution < 1.29 is 15.1 Å². The van der Waals surface area contributed by atoms with E-state index < -0.39 is 0 Å². The van der Waals surface area contributed by atoms with Crippen LogP contribution in [0, 0.1) is 0 Å². The van der Waals surface area contributed by atoms with Gasteiger partial charge in [0.1, 0.15) is 0 Å². The number of carbonyl (C=O) groups excluding carboxylic acids is 1. The fourth-order valence-electron chi connectivity index (χ4n) is 2.00. The summed E-state index contributed by atoms with van der Waals surface area (Å²) in [5.41, 5.74) is 2.44. The molecule has 5 nitrogen and oxygen atoms in total. The number of rotatable bonds is 4. The molecule has 96 valence electrons. The van der Waals surface area contributed by atoms with Crippen LogP contribution in [0.2, 0.25) is 0 Å². The third-order valence-electron chi connectivity index (χ3n) is 2.88. The zero-order valence-electron chi connectivity index (χ0n) is 10.2. The number of nitrogens with zero attached hydrogens (tertiary/aromatic N) is 1. The second-order valence-electron chi connectivity index (χ2n) is 4.24. The summed E-state index contributed by atoms with van der Waals surface area (Å²) in [6.07, 6.45) is 2.27. The third-order valence-corrected chi connectivity index (χ3v) is 2.88. The molecule has 0 aliphatic heterocycles. The van der Waals surface area contributed by atoms with Gasteiger partial charge in [0.05, 0.1) is 12.1 Å². The first kappa shape index (κ1) is 12.4. The SMILES string of the molecule is CC(=O)NCCc1cn(O)c2ccc(CO)cc12. The van der Waals surface area contributed by atoms with E-state index >= 15 is 0 Å². The van der Waals surface area contributed by atoms with Gasteiger partial charge in [-0.05, 0) is 29.7 Å². The highest BCUT2D eigenvalue weighted by Crippen LogP contribution is 2.22. The van der Waals surface area contributed by atoms with E-state index in [1.165, 1.54) is 6.92 Å². The molecule has 2 aromatic rings. The largest absolute Gasteiger partial charge is 0.428 e. The van der Waals surface area contributed by atoms with Gasteiger partial charge in [0.15, 0.2) is 0 Å². The van der Waals surface area contributed by atoms with Gasteiger partial charge in [-0.2, -0.15) is 4.73 Å². The number of hydrogen-bond acceptors (Lipinski definition) is 3. The lowest BCUT2D eigenvalue weighted by molar-refractivity contribution is -0.118. The molecule has 0 fully saturated rings. The quantitative estimate of drug-likeness (QED) is 0.708. The second-order valence-corrected chi connectivity index (χ2v) is 4.24. The highest BCUT2D eigenvalue weighted by molar-refractivity contribution is 5.84. The van der Waals surface area contributed by atoms with Crippen molar-refractivity contribution in [1.29, 1.82) is 0 Å². The van der Waals surface area contributed by atoms with Gasteiger partial charge < -0.3 is 15.6 Å². The number of aliphatic hydroxyl groups is 1. The molecule has 18 heavy (non-hydrogen) atoms. The summed E-state index contributed by atoms with van der Waals surface area (Å²) in [6.45, 7) is 1.97. The van der Waals surface area contributed by atoms with Gasteiger partial charge in [-0.1, -0.05) is 6.07 Å². The molecule has 0 bridgehead atoms. The van der Waals surface area contributed by atoms with Gasteiger partial charge in [-0.15, -0.1) is 0 Å². The van der Waals surface area contributed by atoms with Crippen LogP contribution in [0.5, 0.6) is 0 Å². The predicted octanol–water partition coefficient (Wildman–Crippen LogP) is 1.05. The maximum Gasteiger partial charge on any atom is 0.216 e. The minimum Gasteiger partial charge on any atom is -0.428 e. The molecule has 0 unspecified atom stereocenters. The zero-order chi connectivity index (χ0) is 13.1. The van der Waals surface area contributed by atoms with E-state index in [4.69, 9.17) is 5.11 Å². The van der Waals surface area contributed by atoms with Crippen molar-refractivity contribution in [3.05, 3.63) is 35.5 Å². The van der Waals surface area contributed by atoms with E-state index in [0.717, 1.165) is 21.2 Å². The maximum absolute atomic E-state index is 10.8. The molecule has 0 aliphatic rings. The Balaban J connectivity index is 2.28. The summed E-state index contributed by atoms with van der Waals surface area (Å²) < 4.78 is 1.07. The van der Waals surface area contributed by atoms with Crippen LogP contribution < -0.4 is 5.32 Å². The minimum absolute atomic E-state index is 0.0301. The summed E-state index contributed by atoms with van der Waals surface area (Å²) in [4.78, 5) is 10.8. The molecule has 0 atom stereocenters. The van der Waals surface area contributed by atoms with Crippen molar-refractivity contribution in [3.63, 3.8) is 0 Å². The molecule has 2 rings (SSSR count). The molecule has 1 aromatic carbocycles. The van der Waals surface area contributed by atoms with Gasteiger partial charge in [-0.25, -0.2) is 0 Å². The van der Waals surface area contributed by atoms with Crippen molar-refractivity contribution in [1.82, 2.24) is 10.0 Å². The Hall–Kier alpha value is -2.01. The first-order chi connectivity index (χ1) is 8.61. The number of aliphatic hydroxyl groups excluding tert-OH is 1. The van der Waals surface area contributed by atoms with E-state index in [1.807, 2.05) is 6.07 Å². The van der Waals surface area contributed by atoms with Gasteiger partial charge >= 0.3 is 0 Å². The van der Waals surface area contributed by atoms with E-state index in [2.05, 4.69) is 5.32 Å². The summed E-state index contributed by atoms with van der Waals surface area (Å²) >= 11 is 0. The maximum atomic E-state index is 10.8. The summed E-state index contributed by atoms with van der Waals surface area (Å²) in [5.74, 6) is -0.0706. The van der Waals surface area contributed by atoms with Crippen LogP contribution in [0.1, 0.15) is 18.1 Å². The highest BCUT2D eigenvalue weighted by Gasteiger charge is 2.08. The van der Waals surface area contributed by atoms with Gasteiger partial charge in [0.2, 0.25) is 5.91 Å². The Morgan fingerprint density at radius 2 is 2.22 bits per heavy atom. The Kier molecular flexibility index (Phi) is 3.53. The Morgan fingerprint density at radius 3 is 2.89 bits per heavy atom. The van der Waals surface area contributed by atoms with Gasteiger partial charge in [0, 0.05) is 25.1 Å². The molecule has 1 amide bonds. The topological polar surface area (TPSA) is 74.5 Å². The number of fused-ring (bicyclic) bond motifs is 1. The lowest BCUT2D eigenvalue weighted by Gasteiger charge is -2.02. The fourth-order valence-corrected chi connectivity index (χ4v) is 2.00. The van der Waals surface area contributed by atoms with Crippen LogP contribution in [0.3, 0.4) is 0 Å². The van der Waals surface area contributed by atoms with Crippen LogP contribution >= 0.6 is 0 Å². The Bertz CT molecular complexity index is 575. The lowest BCUT2D eigenvalue weighted by Crippen LogP contribution is -2.22. The molecule has 0 saturated heterocycles. The smallest absolute Gasteiger partial charge is 0.216 e. The van der Waals surface area contributed by atoms with Crippen molar-refractivity contribution in [2.75, 3.05) is 6.54 Å². The van der Waals surface area contributed by atoms with Crippen LogP contribution in [-0.4, -0.2) is 27.5 Å². The number of carbonyl (C=O) groups is 1. The highest BCUT2D eigenvalue weighted by atomic mass is 16.5. The average Bonchev–Trinajstić information content (AvgIpc) is 2.65. The molecule has 3 N–H and O–H groups in total. The van der Waals surface area contributed by atoms with E-state index in [1.54, 1.807) is 18.3 Å². The first-order valence-electron chi connectivity index (χ1n) is 5.79. The number of nitrogens with one attached hydrogen (secondary N) is 1. The molecule has 1 aromatic heterocycles. The molecule has 0 spiro atoms. The summed E-state index contributed by atoms with van der Waals surface area (Å²) in [5, 5.41) is 22.5. The standard InChI is InChI=1S/C13H16N2O3/c1-9(17)14-5-4-11-7-15(18)13-3-2-10(8-16)6-12(11)13/h2-3,6-7,16,18H,4-5,8H2,1H3,(H,14,17). The van der Waals surface area contributed by atoms with Crippen LogP contribution in [0.15, 0.2) is 24.4 Å². The third kappa shape index (κ3) is 2.46. The van der Waals surface area contributed by atoms with Crippen molar-refractivity contribution in [2.45, 2.75) is 20.0 Å². The van der Waals surface area contributed by atoms with E-state index in [0.29, 0.717) is 18.5 Å². The Labute approximate surface area is 105 Å². The average molecular weight is 248 g/mol. The van der Waals surface area contributed by atoms with Crippen molar-refractivity contribution in [2.24, 2.45) is 0 Å². The van der Waals surface area contributed by atoms with E-state index in [9.17, 15) is 10.0 Å². The molecule has 5 heteroatoms. The lowest BCUT2D eigenvalue weighted by atomic mass is 10.1. The molecular formula is C13H16N2O3. The number of amides is 1. The van der Waals surface area contributed by atoms with Crippen molar-refractivity contribution >= 4 is 16.8 Å². The minimum atomic E-state index is -0.0706. The molecule has 0 aliphatic carbocycles. The second kappa shape index (κ2) is 5.10. The molecule has 0 radical (unpaired) electrons. The monoisotopic (exact) mass is 248 g/mol. The van der Waals surface area contributed by atoms with Gasteiger partial charge in [0.25, 0.3) is 0 Å². The normalized spacial score (nSPS) is 10.8.